The SMILES string of the molecule is CCCCCCCCCC/C=C\CCCCCCCCCCCCCCCCCCCC(=O)OCC(COC(=O)CCCCCCCCCCC)OC(=O)CCCCCCCCCCCCCCCCCCCCCCCC. The highest BCUT2D eigenvalue weighted by atomic mass is 16.6. The highest BCUT2D eigenvalue weighted by Crippen LogP contribution is 2.19. The van der Waals surface area contributed by atoms with E-state index in [1.807, 2.05) is 0 Å². The molecule has 0 aromatic rings. The van der Waals surface area contributed by atoms with Crippen LogP contribution in [0.3, 0.4) is 0 Å². The van der Waals surface area contributed by atoms with Gasteiger partial charge in [0.25, 0.3) is 0 Å². The molecule has 0 saturated carbocycles. The first kappa shape index (κ1) is 76.1. The molecule has 0 bridgehead atoms. The van der Waals surface area contributed by atoms with Gasteiger partial charge in [-0.1, -0.05) is 360 Å². The molecule has 0 saturated heterocycles. The monoisotopic (exact) mass is 1100 g/mol. The Labute approximate surface area is 488 Å². The van der Waals surface area contributed by atoms with Crippen LogP contribution in [0.15, 0.2) is 12.2 Å². The maximum absolute atomic E-state index is 12.9. The number of carbonyl (C=O) groups is 3. The van der Waals surface area contributed by atoms with Gasteiger partial charge in [-0.15, -0.1) is 0 Å². The lowest BCUT2D eigenvalue weighted by atomic mass is 10.0. The normalized spacial score (nSPS) is 12.0. The zero-order chi connectivity index (χ0) is 56.4. The summed E-state index contributed by atoms with van der Waals surface area (Å²) in [6, 6.07) is 0. The molecule has 0 aromatic heterocycles. The van der Waals surface area contributed by atoms with Gasteiger partial charge in [0.15, 0.2) is 6.10 Å². The van der Waals surface area contributed by atoms with E-state index in [-0.39, 0.29) is 31.1 Å². The number of carbonyl (C=O) groups excluding carboxylic acids is 3. The number of ether oxygens (including phenoxy) is 3. The van der Waals surface area contributed by atoms with Crippen LogP contribution in [0.25, 0.3) is 0 Å². The number of esters is 3. The molecular weight excluding hydrogens is 961 g/mol. The predicted molar refractivity (Wildman–Crippen MR) is 340 cm³/mol. The highest BCUT2D eigenvalue weighted by Gasteiger charge is 2.19. The smallest absolute Gasteiger partial charge is 0.306 e. The first-order valence-corrected chi connectivity index (χ1v) is 35.7. The van der Waals surface area contributed by atoms with Gasteiger partial charge >= 0.3 is 17.9 Å². The summed E-state index contributed by atoms with van der Waals surface area (Å²) in [5.41, 5.74) is 0. The fourth-order valence-electron chi connectivity index (χ4n) is 11.2. The molecule has 462 valence electrons. The van der Waals surface area contributed by atoms with Crippen molar-refractivity contribution in [2.24, 2.45) is 0 Å². The van der Waals surface area contributed by atoms with Crippen molar-refractivity contribution >= 4 is 17.9 Å². The molecule has 0 heterocycles. The Bertz CT molecular complexity index is 1210. The molecule has 0 aromatic carbocycles. The van der Waals surface area contributed by atoms with Crippen LogP contribution >= 0.6 is 0 Å². The second-order valence-electron chi connectivity index (χ2n) is 24.5. The Hall–Kier alpha value is -1.85. The molecule has 0 amide bonds. The van der Waals surface area contributed by atoms with E-state index >= 15 is 0 Å². The first-order valence-electron chi connectivity index (χ1n) is 35.7. The van der Waals surface area contributed by atoms with Crippen LogP contribution in [0.2, 0.25) is 0 Å². The molecule has 0 aliphatic rings. The minimum Gasteiger partial charge on any atom is -0.462 e. The second-order valence-corrected chi connectivity index (χ2v) is 24.5. The minimum absolute atomic E-state index is 0.0625. The molecule has 0 spiro atoms. The molecule has 6 nitrogen and oxygen atoms in total. The summed E-state index contributed by atoms with van der Waals surface area (Å²) in [6.07, 6.45) is 81.2. The minimum atomic E-state index is -0.764. The van der Waals surface area contributed by atoms with Crippen LogP contribution in [0.1, 0.15) is 412 Å². The van der Waals surface area contributed by atoms with E-state index in [1.54, 1.807) is 0 Å². The maximum Gasteiger partial charge on any atom is 0.306 e. The Morgan fingerprint density at radius 3 is 0.641 bits per heavy atom. The summed E-state index contributed by atoms with van der Waals surface area (Å²) in [5, 5.41) is 0. The fourth-order valence-corrected chi connectivity index (χ4v) is 11.2. The summed E-state index contributed by atoms with van der Waals surface area (Å²) in [4.78, 5) is 38.3. The third-order valence-corrected chi connectivity index (χ3v) is 16.5. The molecule has 0 aliphatic heterocycles. The molecule has 0 aliphatic carbocycles. The molecular formula is C72H138O6. The largest absolute Gasteiger partial charge is 0.462 e. The van der Waals surface area contributed by atoms with Crippen molar-refractivity contribution in [2.75, 3.05) is 13.2 Å². The van der Waals surface area contributed by atoms with Crippen molar-refractivity contribution in [2.45, 2.75) is 419 Å². The fraction of sp³-hybridized carbons (Fsp3) is 0.931. The second kappa shape index (κ2) is 67.7. The standard InChI is InChI=1S/C72H138O6/c1-4-7-10-13-16-19-21-23-25-27-29-31-33-34-35-36-37-38-39-41-42-44-46-48-50-53-56-59-62-65-71(74)77-68-69(67-76-70(73)64-61-58-55-52-18-15-12-9-6-3)78-72(75)66-63-60-57-54-51-49-47-45-43-40-32-30-28-26-24-22-20-17-14-11-8-5-2/h27,29,69H,4-26,28,30-68H2,1-3H3/b29-27-. The summed E-state index contributed by atoms with van der Waals surface area (Å²) in [6.45, 7) is 6.71. The number of hydrogen-bond acceptors (Lipinski definition) is 6. The van der Waals surface area contributed by atoms with E-state index in [0.29, 0.717) is 19.3 Å². The van der Waals surface area contributed by atoms with Crippen molar-refractivity contribution < 1.29 is 28.6 Å². The van der Waals surface area contributed by atoms with E-state index in [2.05, 4.69) is 32.9 Å². The van der Waals surface area contributed by atoms with Gasteiger partial charge in [-0.3, -0.25) is 14.4 Å². The lowest BCUT2D eigenvalue weighted by Gasteiger charge is -2.18. The lowest BCUT2D eigenvalue weighted by Crippen LogP contribution is -2.30. The number of allylic oxidation sites excluding steroid dienone is 2. The molecule has 0 fully saturated rings. The molecule has 0 N–H and O–H groups in total. The van der Waals surface area contributed by atoms with Gasteiger partial charge in [0, 0.05) is 19.3 Å². The Kier molecular flexibility index (Phi) is 66.0. The van der Waals surface area contributed by atoms with Crippen molar-refractivity contribution in [3.63, 3.8) is 0 Å². The molecule has 1 unspecified atom stereocenters. The van der Waals surface area contributed by atoms with Crippen LogP contribution in [0.5, 0.6) is 0 Å². The van der Waals surface area contributed by atoms with E-state index < -0.39 is 6.10 Å². The van der Waals surface area contributed by atoms with Crippen molar-refractivity contribution in [3.05, 3.63) is 12.2 Å². The van der Waals surface area contributed by atoms with Gasteiger partial charge in [0.05, 0.1) is 0 Å². The zero-order valence-electron chi connectivity index (χ0n) is 53.2. The molecule has 6 heteroatoms. The van der Waals surface area contributed by atoms with Crippen molar-refractivity contribution in [1.82, 2.24) is 0 Å². The zero-order valence-corrected chi connectivity index (χ0v) is 53.2. The first-order chi connectivity index (χ1) is 38.5. The third kappa shape index (κ3) is 65.0. The van der Waals surface area contributed by atoms with Crippen LogP contribution in [-0.4, -0.2) is 37.2 Å². The maximum atomic E-state index is 12.9. The van der Waals surface area contributed by atoms with Gasteiger partial charge in [-0.25, -0.2) is 0 Å². The van der Waals surface area contributed by atoms with Gasteiger partial charge < -0.3 is 14.2 Å². The molecule has 0 radical (unpaired) electrons. The number of unbranched alkanes of at least 4 members (excludes halogenated alkanes) is 54. The average Bonchev–Trinajstić information content (AvgIpc) is 3.44. The Morgan fingerprint density at radius 1 is 0.244 bits per heavy atom. The van der Waals surface area contributed by atoms with E-state index in [1.165, 1.54) is 315 Å². The predicted octanol–water partition coefficient (Wildman–Crippen LogP) is 24.4. The highest BCUT2D eigenvalue weighted by molar-refractivity contribution is 5.71. The number of rotatable bonds is 67. The summed E-state index contributed by atoms with van der Waals surface area (Å²) >= 11 is 0. The topological polar surface area (TPSA) is 78.9 Å². The average molecular weight is 1100 g/mol. The van der Waals surface area contributed by atoms with E-state index in [4.69, 9.17) is 14.2 Å². The van der Waals surface area contributed by atoms with Gasteiger partial charge in [-0.05, 0) is 44.9 Å². The molecule has 1 atom stereocenters. The van der Waals surface area contributed by atoms with E-state index in [0.717, 1.165) is 57.8 Å². The molecule has 0 rings (SSSR count). The molecule has 78 heavy (non-hydrogen) atoms. The third-order valence-electron chi connectivity index (χ3n) is 16.5. The summed E-state index contributed by atoms with van der Waals surface area (Å²) in [7, 11) is 0. The Balaban J connectivity index is 4.06. The van der Waals surface area contributed by atoms with Gasteiger partial charge in [-0.2, -0.15) is 0 Å². The van der Waals surface area contributed by atoms with Crippen LogP contribution < -0.4 is 0 Å². The Morgan fingerprint density at radius 2 is 0.423 bits per heavy atom. The van der Waals surface area contributed by atoms with Crippen LogP contribution in [0.4, 0.5) is 0 Å². The van der Waals surface area contributed by atoms with Gasteiger partial charge in [0.1, 0.15) is 13.2 Å². The number of hydrogen-bond donors (Lipinski definition) is 0. The van der Waals surface area contributed by atoms with Crippen molar-refractivity contribution in [3.8, 4) is 0 Å². The van der Waals surface area contributed by atoms with E-state index in [9.17, 15) is 14.4 Å². The van der Waals surface area contributed by atoms with Crippen molar-refractivity contribution in [1.29, 1.82) is 0 Å². The van der Waals surface area contributed by atoms with Crippen LogP contribution in [0, 0.1) is 0 Å². The lowest BCUT2D eigenvalue weighted by molar-refractivity contribution is -0.167. The quantitative estimate of drug-likeness (QED) is 0.0261. The summed E-state index contributed by atoms with van der Waals surface area (Å²) < 4.78 is 16.9. The summed E-state index contributed by atoms with van der Waals surface area (Å²) in [5.74, 6) is -0.831. The van der Waals surface area contributed by atoms with Gasteiger partial charge in [0.2, 0.25) is 0 Å². The van der Waals surface area contributed by atoms with Crippen LogP contribution in [-0.2, 0) is 28.6 Å².